The summed E-state index contributed by atoms with van der Waals surface area (Å²) in [6, 6.07) is 5.39. The first-order valence-corrected chi connectivity index (χ1v) is 7.47. The molecule has 1 atom stereocenters. The molecule has 0 saturated carbocycles. The lowest BCUT2D eigenvalue weighted by Gasteiger charge is -2.13. The van der Waals surface area contributed by atoms with Crippen LogP contribution in [-0.2, 0) is 13.0 Å². The van der Waals surface area contributed by atoms with Gasteiger partial charge in [-0.15, -0.1) is 11.3 Å². The lowest BCUT2D eigenvalue weighted by atomic mass is 10.1. The van der Waals surface area contributed by atoms with Crippen LogP contribution in [0.25, 0.3) is 0 Å². The van der Waals surface area contributed by atoms with E-state index in [2.05, 4.69) is 11.9 Å². The van der Waals surface area contributed by atoms with Crippen molar-refractivity contribution in [3.63, 3.8) is 0 Å². The summed E-state index contributed by atoms with van der Waals surface area (Å²) in [5, 5.41) is 3.82. The van der Waals surface area contributed by atoms with Crippen molar-refractivity contribution in [2.75, 3.05) is 0 Å². The van der Waals surface area contributed by atoms with E-state index in [1.807, 2.05) is 24.4 Å². The number of halogens is 1. The Kier molecular flexibility index (Phi) is 4.80. The standard InChI is InChI=1S/C14H17ClN2OS/c1-3-14-17-11(8-19-14)7-18-13-5-4-10(15)6-12(13)9(2)16/h4-6,8-9H,3,7,16H2,1-2H3/t9-/m0/s1. The summed E-state index contributed by atoms with van der Waals surface area (Å²) in [5.41, 5.74) is 7.79. The van der Waals surface area contributed by atoms with Crippen molar-refractivity contribution < 1.29 is 4.74 Å². The Balaban J connectivity index is 2.10. The van der Waals surface area contributed by atoms with Gasteiger partial charge in [0.2, 0.25) is 0 Å². The van der Waals surface area contributed by atoms with E-state index < -0.39 is 0 Å². The van der Waals surface area contributed by atoms with Gasteiger partial charge in [0.15, 0.2) is 0 Å². The van der Waals surface area contributed by atoms with Gasteiger partial charge >= 0.3 is 0 Å². The van der Waals surface area contributed by atoms with Crippen molar-refractivity contribution in [2.45, 2.75) is 32.9 Å². The largest absolute Gasteiger partial charge is 0.487 e. The molecule has 3 nitrogen and oxygen atoms in total. The van der Waals surface area contributed by atoms with Gasteiger partial charge in [-0.3, -0.25) is 0 Å². The van der Waals surface area contributed by atoms with Crippen LogP contribution in [0, 0.1) is 0 Å². The Bertz CT molecular complexity index is 554. The second-order valence-corrected chi connectivity index (χ2v) is 5.72. The molecule has 0 aliphatic rings. The number of nitrogens with zero attached hydrogens (tertiary/aromatic N) is 1. The van der Waals surface area contributed by atoms with E-state index >= 15 is 0 Å². The molecule has 0 amide bonds. The zero-order valence-electron chi connectivity index (χ0n) is 11.0. The van der Waals surface area contributed by atoms with Crippen molar-refractivity contribution in [1.29, 1.82) is 0 Å². The first-order chi connectivity index (χ1) is 9.10. The number of rotatable bonds is 5. The number of hydrogen-bond acceptors (Lipinski definition) is 4. The van der Waals surface area contributed by atoms with Crippen molar-refractivity contribution in [1.82, 2.24) is 4.98 Å². The highest BCUT2D eigenvalue weighted by Crippen LogP contribution is 2.28. The van der Waals surface area contributed by atoms with Crippen LogP contribution in [0.5, 0.6) is 5.75 Å². The van der Waals surface area contributed by atoms with Crippen LogP contribution in [0.15, 0.2) is 23.6 Å². The summed E-state index contributed by atoms with van der Waals surface area (Å²) in [6.07, 6.45) is 0.955. The molecule has 0 aliphatic heterocycles. The molecule has 0 unspecified atom stereocenters. The smallest absolute Gasteiger partial charge is 0.131 e. The number of nitrogens with two attached hydrogens (primary N) is 1. The van der Waals surface area contributed by atoms with Crippen LogP contribution in [0.2, 0.25) is 5.02 Å². The predicted octanol–water partition coefficient (Wildman–Crippen LogP) is 3.96. The molecule has 0 saturated heterocycles. The van der Waals surface area contributed by atoms with Crippen molar-refractivity contribution in [3.05, 3.63) is 44.9 Å². The van der Waals surface area contributed by atoms with Gasteiger partial charge in [-0.2, -0.15) is 0 Å². The number of hydrogen-bond donors (Lipinski definition) is 1. The molecule has 0 fully saturated rings. The molecule has 102 valence electrons. The number of benzene rings is 1. The minimum atomic E-state index is -0.115. The molecule has 1 aromatic heterocycles. The molecule has 1 heterocycles. The highest BCUT2D eigenvalue weighted by atomic mass is 35.5. The summed E-state index contributed by atoms with van der Waals surface area (Å²) in [5.74, 6) is 0.769. The van der Waals surface area contributed by atoms with Crippen molar-refractivity contribution in [2.24, 2.45) is 5.73 Å². The highest BCUT2D eigenvalue weighted by Gasteiger charge is 2.10. The summed E-state index contributed by atoms with van der Waals surface area (Å²) >= 11 is 7.64. The lowest BCUT2D eigenvalue weighted by Crippen LogP contribution is -2.08. The summed E-state index contributed by atoms with van der Waals surface area (Å²) in [6.45, 7) is 4.46. The fraction of sp³-hybridized carbons (Fsp3) is 0.357. The predicted molar refractivity (Wildman–Crippen MR) is 79.9 cm³/mol. The Morgan fingerprint density at radius 1 is 1.47 bits per heavy atom. The van der Waals surface area contributed by atoms with Gasteiger partial charge in [0.05, 0.1) is 10.7 Å². The third-order valence-electron chi connectivity index (χ3n) is 2.74. The molecule has 0 aliphatic carbocycles. The molecule has 0 radical (unpaired) electrons. The maximum absolute atomic E-state index is 5.98. The van der Waals surface area contributed by atoms with Crippen molar-refractivity contribution in [3.8, 4) is 5.75 Å². The summed E-state index contributed by atoms with van der Waals surface area (Å²) in [4.78, 5) is 4.47. The molecule has 19 heavy (non-hydrogen) atoms. The highest BCUT2D eigenvalue weighted by molar-refractivity contribution is 7.09. The molecular formula is C14H17ClN2OS. The van der Waals surface area contributed by atoms with E-state index in [1.165, 1.54) is 0 Å². The van der Waals surface area contributed by atoms with Crippen LogP contribution >= 0.6 is 22.9 Å². The zero-order chi connectivity index (χ0) is 13.8. The fourth-order valence-electron chi connectivity index (χ4n) is 1.74. The maximum Gasteiger partial charge on any atom is 0.131 e. The molecule has 2 rings (SSSR count). The van der Waals surface area contributed by atoms with Gasteiger partial charge in [-0.1, -0.05) is 18.5 Å². The quantitative estimate of drug-likeness (QED) is 0.908. The Morgan fingerprint density at radius 3 is 2.89 bits per heavy atom. The summed E-state index contributed by atoms with van der Waals surface area (Å²) < 4.78 is 5.80. The van der Waals surface area contributed by atoms with E-state index in [0.29, 0.717) is 11.6 Å². The van der Waals surface area contributed by atoms with E-state index in [0.717, 1.165) is 28.4 Å². The monoisotopic (exact) mass is 296 g/mol. The maximum atomic E-state index is 5.98. The molecular weight excluding hydrogens is 280 g/mol. The van der Waals surface area contributed by atoms with Gasteiger partial charge in [0, 0.05) is 22.0 Å². The Hall–Kier alpha value is -1.10. The first-order valence-electron chi connectivity index (χ1n) is 6.21. The third kappa shape index (κ3) is 3.69. The van der Waals surface area contributed by atoms with Crippen LogP contribution in [0.1, 0.15) is 36.2 Å². The van der Waals surface area contributed by atoms with Crippen LogP contribution < -0.4 is 10.5 Å². The van der Waals surface area contributed by atoms with Crippen LogP contribution in [-0.4, -0.2) is 4.98 Å². The third-order valence-corrected chi connectivity index (χ3v) is 4.02. The van der Waals surface area contributed by atoms with E-state index in [9.17, 15) is 0 Å². The topological polar surface area (TPSA) is 48.1 Å². The van der Waals surface area contributed by atoms with E-state index in [1.54, 1.807) is 17.4 Å². The second-order valence-electron chi connectivity index (χ2n) is 4.35. The molecule has 2 aromatic rings. The van der Waals surface area contributed by atoms with Crippen molar-refractivity contribution >= 4 is 22.9 Å². The minimum Gasteiger partial charge on any atom is -0.487 e. The summed E-state index contributed by atoms with van der Waals surface area (Å²) in [7, 11) is 0. The number of ether oxygens (including phenoxy) is 1. The first kappa shape index (κ1) is 14.3. The zero-order valence-corrected chi connectivity index (χ0v) is 12.6. The molecule has 1 aromatic carbocycles. The Morgan fingerprint density at radius 2 is 2.26 bits per heavy atom. The Labute approximate surface area is 122 Å². The molecule has 0 bridgehead atoms. The van der Waals surface area contributed by atoms with Gasteiger partial charge < -0.3 is 10.5 Å². The average Bonchev–Trinajstić information content (AvgIpc) is 2.85. The van der Waals surface area contributed by atoms with Gasteiger partial charge in [-0.05, 0) is 31.5 Å². The van der Waals surface area contributed by atoms with Gasteiger partial charge in [0.25, 0.3) is 0 Å². The average molecular weight is 297 g/mol. The molecule has 0 spiro atoms. The SMILES string of the molecule is CCc1nc(COc2ccc(Cl)cc2[C@H](C)N)cs1. The second kappa shape index (κ2) is 6.37. The number of aryl methyl sites for hydroxylation is 1. The van der Waals surface area contributed by atoms with Crippen LogP contribution in [0.4, 0.5) is 0 Å². The van der Waals surface area contributed by atoms with E-state index in [4.69, 9.17) is 22.1 Å². The van der Waals surface area contributed by atoms with Crippen LogP contribution in [0.3, 0.4) is 0 Å². The normalized spacial score (nSPS) is 12.4. The fourth-order valence-corrected chi connectivity index (χ4v) is 2.65. The van der Waals surface area contributed by atoms with Gasteiger partial charge in [-0.25, -0.2) is 4.98 Å². The number of aromatic nitrogens is 1. The molecule has 2 N–H and O–H groups in total. The van der Waals surface area contributed by atoms with E-state index in [-0.39, 0.29) is 6.04 Å². The lowest BCUT2D eigenvalue weighted by molar-refractivity contribution is 0.297. The molecule has 5 heteroatoms. The van der Waals surface area contributed by atoms with Gasteiger partial charge in [0.1, 0.15) is 12.4 Å². The number of thiazole rings is 1. The minimum absolute atomic E-state index is 0.115.